The van der Waals surface area contributed by atoms with Crippen LogP contribution in [0.4, 0.5) is 10.5 Å². The minimum Gasteiger partial charge on any atom is -0.444 e. The molecule has 1 amide bonds. The van der Waals surface area contributed by atoms with E-state index in [1.54, 1.807) is 6.33 Å². The Bertz CT molecular complexity index is 1150. The molecule has 29 heavy (non-hydrogen) atoms. The number of fused-ring (bicyclic) bond motifs is 1. The van der Waals surface area contributed by atoms with Gasteiger partial charge in [0.15, 0.2) is 0 Å². The number of amides is 1. The van der Waals surface area contributed by atoms with E-state index in [0.717, 1.165) is 33.2 Å². The fourth-order valence-corrected chi connectivity index (χ4v) is 3.31. The van der Waals surface area contributed by atoms with Gasteiger partial charge in [-0.3, -0.25) is 5.32 Å². The fraction of sp³-hybridized carbons (Fsp3) is 0.0833. The number of hydrogen-bond acceptors (Lipinski definition) is 3. The number of nitrogens with zero attached hydrogens (tertiary/aromatic N) is 1. The number of carbonyl (C=O) groups excluding carboxylic acids is 1. The summed E-state index contributed by atoms with van der Waals surface area (Å²) >= 11 is 0. The molecule has 1 heterocycles. The number of H-pyrrole nitrogens is 1. The predicted molar refractivity (Wildman–Crippen MR) is 116 cm³/mol. The van der Waals surface area contributed by atoms with Gasteiger partial charge in [0.25, 0.3) is 0 Å². The molecule has 0 saturated heterocycles. The highest BCUT2D eigenvalue weighted by Gasteiger charge is 2.11. The summed E-state index contributed by atoms with van der Waals surface area (Å²) in [5.74, 6) is 0. The van der Waals surface area contributed by atoms with Gasteiger partial charge in [0.1, 0.15) is 6.61 Å². The zero-order valence-corrected chi connectivity index (χ0v) is 16.1. The number of benzene rings is 3. The Kier molecular flexibility index (Phi) is 5.38. The molecule has 1 aromatic heterocycles. The van der Waals surface area contributed by atoms with Crippen LogP contribution in [0.1, 0.15) is 23.7 Å². The maximum absolute atomic E-state index is 12.2. The van der Waals surface area contributed by atoms with E-state index >= 15 is 0 Å². The van der Waals surface area contributed by atoms with Crippen molar-refractivity contribution >= 4 is 28.1 Å². The number of aromatic nitrogens is 2. The van der Waals surface area contributed by atoms with Crippen LogP contribution in [0.2, 0.25) is 0 Å². The quantitative estimate of drug-likeness (QED) is 0.460. The Morgan fingerprint density at radius 3 is 2.72 bits per heavy atom. The van der Waals surface area contributed by atoms with Crippen molar-refractivity contribution in [2.75, 3.05) is 5.32 Å². The third kappa shape index (κ3) is 4.19. The lowest BCUT2D eigenvalue weighted by atomic mass is 9.96. The van der Waals surface area contributed by atoms with E-state index in [2.05, 4.69) is 21.4 Å². The molecule has 5 heteroatoms. The molecule has 0 aliphatic heterocycles. The van der Waals surface area contributed by atoms with E-state index in [0.29, 0.717) is 5.69 Å². The first-order chi connectivity index (χ1) is 14.2. The number of imidazole rings is 1. The van der Waals surface area contributed by atoms with Crippen LogP contribution in [-0.4, -0.2) is 16.1 Å². The summed E-state index contributed by atoms with van der Waals surface area (Å²) in [7, 11) is 0. The van der Waals surface area contributed by atoms with Crippen molar-refractivity contribution in [1.82, 2.24) is 9.97 Å². The van der Waals surface area contributed by atoms with Crippen LogP contribution >= 0.6 is 0 Å². The first kappa shape index (κ1) is 18.5. The average molecular weight is 383 g/mol. The molecule has 0 saturated carbocycles. The highest BCUT2D eigenvalue weighted by Crippen LogP contribution is 2.30. The molecule has 144 valence electrons. The van der Waals surface area contributed by atoms with E-state index in [9.17, 15) is 4.79 Å². The minimum atomic E-state index is -0.482. The molecule has 0 fully saturated rings. The molecule has 0 radical (unpaired) electrons. The Morgan fingerprint density at radius 1 is 1.10 bits per heavy atom. The Morgan fingerprint density at radius 2 is 1.97 bits per heavy atom. The van der Waals surface area contributed by atoms with Crippen molar-refractivity contribution < 1.29 is 9.53 Å². The van der Waals surface area contributed by atoms with Gasteiger partial charge in [0, 0.05) is 17.5 Å². The van der Waals surface area contributed by atoms with Crippen molar-refractivity contribution in [3.63, 3.8) is 0 Å². The average Bonchev–Trinajstić information content (AvgIpc) is 3.28. The van der Waals surface area contributed by atoms with Crippen molar-refractivity contribution in [2.45, 2.75) is 13.5 Å². The Balaban J connectivity index is 1.58. The summed E-state index contributed by atoms with van der Waals surface area (Å²) in [5, 5.41) is 4.94. The number of ether oxygens (including phenoxy) is 1. The van der Waals surface area contributed by atoms with Crippen LogP contribution in [0.25, 0.3) is 16.3 Å². The molecule has 0 spiro atoms. The van der Waals surface area contributed by atoms with Crippen LogP contribution in [0, 0.1) is 0 Å². The van der Waals surface area contributed by atoms with Crippen LogP contribution in [0.5, 0.6) is 0 Å². The summed E-state index contributed by atoms with van der Waals surface area (Å²) < 4.78 is 5.33. The maximum Gasteiger partial charge on any atom is 0.411 e. The largest absolute Gasteiger partial charge is 0.444 e. The number of anilines is 1. The van der Waals surface area contributed by atoms with Crippen molar-refractivity contribution in [3.05, 3.63) is 102 Å². The molecule has 0 unspecified atom stereocenters. The highest BCUT2D eigenvalue weighted by molar-refractivity contribution is 5.99. The number of aromatic amines is 1. The summed E-state index contributed by atoms with van der Waals surface area (Å²) in [6, 6.07) is 21.6. The Labute approximate surface area is 169 Å². The number of rotatable bonds is 5. The maximum atomic E-state index is 12.2. The van der Waals surface area contributed by atoms with Gasteiger partial charge in [-0.05, 0) is 41.0 Å². The van der Waals surface area contributed by atoms with E-state index in [4.69, 9.17) is 4.74 Å². The summed E-state index contributed by atoms with van der Waals surface area (Å²) in [6.45, 7) is 2.22. The lowest BCUT2D eigenvalue weighted by Crippen LogP contribution is -2.13. The molecule has 5 nitrogen and oxygen atoms in total. The van der Waals surface area contributed by atoms with Crippen LogP contribution < -0.4 is 5.32 Å². The van der Waals surface area contributed by atoms with E-state index in [1.807, 2.05) is 79.9 Å². The molecule has 4 rings (SSSR count). The molecular weight excluding hydrogens is 362 g/mol. The molecule has 0 bridgehead atoms. The second kappa shape index (κ2) is 8.44. The molecule has 0 aliphatic rings. The molecule has 4 aromatic rings. The molecule has 3 aromatic carbocycles. The first-order valence-electron chi connectivity index (χ1n) is 9.41. The lowest BCUT2D eigenvalue weighted by molar-refractivity contribution is 0.155. The van der Waals surface area contributed by atoms with Gasteiger partial charge in [0.05, 0.1) is 12.0 Å². The number of carbonyl (C=O) groups is 1. The van der Waals surface area contributed by atoms with Crippen molar-refractivity contribution in [3.8, 4) is 0 Å². The van der Waals surface area contributed by atoms with Crippen molar-refractivity contribution in [1.29, 1.82) is 0 Å². The smallest absolute Gasteiger partial charge is 0.411 e. The van der Waals surface area contributed by atoms with E-state index in [1.165, 1.54) is 0 Å². The van der Waals surface area contributed by atoms with Crippen LogP contribution in [0.3, 0.4) is 0 Å². The Hall–Kier alpha value is -3.86. The normalized spacial score (nSPS) is 11.4. The van der Waals surface area contributed by atoms with Gasteiger partial charge >= 0.3 is 6.09 Å². The van der Waals surface area contributed by atoms with Gasteiger partial charge in [-0.25, -0.2) is 9.78 Å². The van der Waals surface area contributed by atoms with Crippen LogP contribution in [-0.2, 0) is 11.3 Å². The topological polar surface area (TPSA) is 67.0 Å². The molecular formula is C24H21N3O2. The zero-order valence-electron chi connectivity index (χ0n) is 16.1. The number of nitrogens with one attached hydrogen (secondary N) is 2. The van der Waals surface area contributed by atoms with Crippen molar-refractivity contribution in [2.24, 2.45) is 0 Å². The number of hydrogen-bond donors (Lipinski definition) is 2. The molecule has 0 atom stereocenters. The van der Waals surface area contributed by atoms with E-state index < -0.39 is 6.09 Å². The first-order valence-corrected chi connectivity index (χ1v) is 9.41. The zero-order chi connectivity index (χ0) is 20.1. The van der Waals surface area contributed by atoms with Gasteiger partial charge in [0.2, 0.25) is 0 Å². The van der Waals surface area contributed by atoms with Crippen LogP contribution in [0.15, 0.2) is 85.3 Å². The monoisotopic (exact) mass is 383 g/mol. The lowest BCUT2D eigenvalue weighted by Gasteiger charge is -2.12. The second-order valence-electron chi connectivity index (χ2n) is 6.59. The summed E-state index contributed by atoms with van der Waals surface area (Å²) in [6.07, 6.45) is 5.10. The third-order valence-corrected chi connectivity index (χ3v) is 4.69. The van der Waals surface area contributed by atoms with Gasteiger partial charge in [-0.15, -0.1) is 0 Å². The molecule has 2 N–H and O–H groups in total. The predicted octanol–water partition coefficient (Wildman–Crippen LogP) is 5.76. The summed E-state index contributed by atoms with van der Waals surface area (Å²) in [4.78, 5) is 19.6. The fourth-order valence-electron chi connectivity index (χ4n) is 3.31. The highest BCUT2D eigenvalue weighted by atomic mass is 16.5. The van der Waals surface area contributed by atoms with Gasteiger partial charge in [-0.2, -0.15) is 0 Å². The number of allylic oxidation sites excluding steroid dienone is 1. The standard InChI is InChI=1S/C24H21N3O2/c1-2-20(23-14-25-16-26-23)21-10-6-9-18-11-12-19(13-22(18)21)27-24(28)29-15-17-7-4-3-5-8-17/h2-14,16H,15H2,1H3,(H,25,26)(H,27,28)/b20-2-. The van der Waals surface area contributed by atoms with Gasteiger partial charge < -0.3 is 9.72 Å². The van der Waals surface area contributed by atoms with E-state index in [-0.39, 0.29) is 6.61 Å². The SMILES string of the molecule is C/C=C(\c1c[nH]cn1)c1cccc2ccc(NC(=O)OCc3ccccc3)cc12. The minimum absolute atomic E-state index is 0.230. The molecule has 0 aliphatic carbocycles. The second-order valence-corrected chi connectivity index (χ2v) is 6.59. The van der Waals surface area contributed by atoms with Gasteiger partial charge in [-0.1, -0.05) is 60.7 Å². The summed E-state index contributed by atoms with van der Waals surface area (Å²) in [5.41, 5.74) is 4.58. The third-order valence-electron chi connectivity index (χ3n) is 4.69.